The number of rotatable bonds is 2. The Hall–Kier alpha value is -1.31. The minimum Gasteiger partial charge on any atom is -0.451 e. The van der Waals surface area contributed by atoms with E-state index < -0.39 is 24.4 Å². The summed E-state index contributed by atoms with van der Waals surface area (Å²) in [6.45, 7) is 3.60. The van der Waals surface area contributed by atoms with Crippen LogP contribution in [0, 0.1) is 5.92 Å². The molecule has 1 heterocycles. The van der Waals surface area contributed by atoms with Gasteiger partial charge in [-0.3, -0.25) is 0 Å². The molecule has 0 spiro atoms. The summed E-state index contributed by atoms with van der Waals surface area (Å²) < 4.78 is 42.7. The molecule has 1 unspecified atom stereocenters. The Kier molecular flexibility index (Phi) is 3.89. The van der Waals surface area contributed by atoms with E-state index in [4.69, 9.17) is 0 Å². The molecule has 0 saturated carbocycles. The number of halogens is 3. The first-order valence-electron chi connectivity index (χ1n) is 5.35. The number of carbonyl (C=O) groups excluding carboxylic acids is 1. The van der Waals surface area contributed by atoms with Gasteiger partial charge >= 0.3 is 12.3 Å². The molecule has 0 fully saturated rings. The Morgan fingerprint density at radius 2 is 2.17 bits per heavy atom. The van der Waals surface area contributed by atoms with Gasteiger partial charge in [0, 0.05) is 12.1 Å². The van der Waals surface area contributed by atoms with Crippen LogP contribution < -0.4 is 0 Å². The third kappa shape index (κ3) is 2.58. The highest BCUT2D eigenvalue weighted by atomic mass is 19.4. The maximum atomic E-state index is 12.8. The molecule has 0 aliphatic carbocycles. The maximum Gasteiger partial charge on any atom is 0.439 e. The average Bonchev–Trinajstić information content (AvgIpc) is 2.54. The van der Waals surface area contributed by atoms with Crippen molar-refractivity contribution in [2.45, 2.75) is 38.6 Å². The second-order valence-corrected chi connectivity index (χ2v) is 4.54. The number of amides is 1. The number of nitrogens with zero attached hydrogens (tertiary/aromatic N) is 2. The zero-order chi connectivity index (χ0) is 14.1. The van der Waals surface area contributed by atoms with Crippen molar-refractivity contribution in [1.82, 2.24) is 5.01 Å². The van der Waals surface area contributed by atoms with Crippen molar-refractivity contribution in [3.05, 3.63) is 0 Å². The zero-order valence-corrected chi connectivity index (χ0v) is 10.3. The molecule has 0 aromatic carbocycles. The van der Waals surface area contributed by atoms with Crippen molar-refractivity contribution in [1.29, 1.82) is 0 Å². The van der Waals surface area contributed by atoms with Crippen molar-refractivity contribution >= 4 is 11.8 Å². The van der Waals surface area contributed by atoms with Crippen LogP contribution in [-0.2, 0) is 4.74 Å². The summed E-state index contributed by atoms with van der Waals surface area (Å²) in [5, 5.41) is 13.1. The smallest absolute Gasteiger partial charge is 0.439 e. The second-order valence-electron chi connectivity index (χ2n) is 4.54. The first-order valence-corrected chi connectivity index (χ1v) is 5.35. The van der Waals surface area contributed by atoms with Crippen LogP contribution in [0.3, 0.4) is 0 Å². The highest BCUT2D eigenvalue weighted by Crippen LogP contribution is 2.41. The molecule has 1 atom stereocenters. The number of aliphatic hydroxyl groups is 1. The van der Waals surface area contributed by atoms with Crippen molar-refractivity contribution in [3.63, 3.8) is 0 Å². The van der Waals surface area contributed by atoms with Crippen LogP contribution in [0.2, 0.25) is 0 Å². The number of hydrazone groups is 1. The Labute approximate surface area is 102 Å². The molecule has 104 valence electrons. The highest BCUT2D eigenvalue weighted by Gasteiger charge is 2.63. The van der Waals surface area contributed by atoms with E-state index in [9.17, 15) is 23.1 Å². The third-order valence-corrected chi connectivity index (χ3v) is 2.49. The van der Waals surface area contributed by atoms with Gasteiger partial charge in [-0.15, -0.1) is 0 Å². The first kappa shape index (κ1) is 14.7. The Bertz CT molecular complexity index is 368. The lowest BCUT2D eigenvalue weighted by molar-refractivity contribution is -0.299. The van der Waals surface area contributed by atoms with Gasteiger partial charge in [-0.05, 0) is 12.3 Å². The fraction of sp³-hybridized carbons (Fsp3) is 0.800. The molecular weight excluding hydrogens is 253 g/mol. The lowest BCUT2D eigenvalue weighted by atomic mass is 9.99. The van der Waals surface area contributed by atoms with E-state index in [2.05, 4.69) is 9.84 Å². The van der Waals surface area contributed by atoms with E-state index in [1.54, 1.807) is 13.8 Å². The summed E-state index contributed by atoms with van der Waals surface area (Å²) in [7, 11) is 0.926. The van der Waals surface area contributed by atoms with E-state index in [-0.39, 0.29) is 23.1 Å². The maximum absolute atomic E-state index is 12.8. The fourth-order valence-electron chi connectivity index (χ4n) is 1.70. The van der Waals surface area contributed by atoms with Crippen molar-refractivity contribution in [2.75, 3.05) is 7.11 Å². The number of hydrogen-bond donors (Lipinski definition) is 1. The van der Waals surface area contributed by atoms with Gasteiger partial charge in [-0.1, -0.05) is 13.8 Å². The molecule has 1 rings (SSSR count). The van der Waals surface area contributed by atoms with E-state index in [1.165, 1.54) is 0 Å². The summed E-state index contributed by atoms with van der Waals surface area (Å²) in [6.07, 6.45) is -6.81. The first-order chi connectivity index (χ1) is 8.11. The van der Waals surface area contributed by atoms with Crippen molar-refractivity contribution in [3.8, 4) is 0 Å². The van der Waals surface area contributed by atoms with E-state index in [0.29, 0.717) is 0 Å². The Balaban J connectivity index is 3.05. The van der Waals surface area contributed by atoms with Crippen LogP contribution in [0.4, 0.5) is 18.0 Å². The van der Waals surface area contributed by atoms with E-state index in [0.717, 1.165) is 7.11 Å². The van der Waals surface area contributed by atoms with Crippen LogP contribution in [0.15, 0.2) is 5.10 Å². The molecule has 18 heavy (non-hydrogen) atoms. The minimum absolute atomic E-state index is 0.0370. The van der Waals surface area contributed by atoms with Gasteiger partial charge < -0.3 is 9.84 Å². The topological polar surface area (TPSA) is 62.1 Å². The molecule has 1 aliphatic heterocycles. The summed E-state index contributed by atoms with van der Waals surface area (Å²) in [4.78, 5) is 11.2. The fourth-order valence-corrected chi connectivity index (χ4v) is 1.70. The predicted octanol–water partition coefficient (Wildman–Crippen LogP) is 2.11. The predicted molar refractivity (Wildman–Crippen MR) is 56.8 cm³/mol. The third-order valence-electron chi connectivity index (χ3n) is 2.49. The van der Waals surface area contributed by atoms with Gasteiger partial charge in [-0.25, -0.2) is 4.79 Å². The van der Waals surface area contributed by atoms with Gasteiger partial charge in [0.05, 0.1) is 7.11 Å². The molecule has 1 aliphatic rings. The van der Waals surface area contributed by atoms with Gasteiger partial charge in [-0.2, -0.15) is 23.3 Å². The molecule has 1 N–H and O–H groups in total. The van der Waals surface area contributed by atoms with Crippen LogP contribution in [0.25, 0.3) is 0 Å². The summed E-state index contributed by atoms with van der Waals surface area (Å²) in [5.41, 5.74) is -3.19. The van der Waals surface area contributed by atoms with Gasteiger partial charge in [0.2, 0.25) is 0 Å². The van der Waals surface area contributed by atoms with Gasteiger partial charge in [0.15, 0.2) is 0 Å². The summed E-state index contributed by atoms with van der Waals surface area (Å²) >= 11 is 0. The number of methoxy groups -OCH3 is 1. The van der Waals surface area contributed by atoms with E-state index in [1.807, 2.05) is 0 Å². The van der Waals surface area contributed by atoms with Gasteiger partial charge in [0.25, 0.3) is 5.72 Å². The second kappa shape index (κ2) is 4.75. The van der Waals surface area contributed by atoms with Gasteiger partial charge in [0.1, 0.15) is 0 Å². The number of carbonyl (C=O) groups is 1. The van der Waals surface area contributed by atoms with Crippen molar-refractivity contribution in [2.24, 2.45) is 11.0 Å². The lowest BCUT2D eigenvalue weighted by Gasteiger charge is -2.31. The molecular formula is C10H15F3N2O3. The molecule has 1 amide bonds. The molecule has 0 saturated heterocycles. The number of ether oxygens (including phenoxy) is 1. The number of hydrogen-bond acceptors (Lipinski definition) is 4. The zero-order valence-electron chi connectivity index (χ0n) is 10.3. The lowest BCUT2D eigenvalue weighted by Crippen LogP contribution is -2.56. The quantitative estimate of drug-likeness (QED) is 0.834. The van der Waals surface area contributed by atoms with Crippen LogP contribution in [0.5, 0.6) is 0 Å². The SMILES string of the molecule is COC(=O)N1N=C(CC(C)C)CC1(O)C(F)(F)F. The molecule has 5 nitrogen and oxygen atoms in total. The molecule has 0 aromatic rings. The van der Waals surface area contributed by atoms with Crippen LogP contribution >= 0.6 is 0 Å². The van der Waals surface area contributed by atoms with E-state index >= 15 is 0 Å². The van der Waals surface area contributed by atoms with Crippen LogP contribution in [0.1, 0.15) is 26.7 Å². The monoisotopic (exact) mass is 268 g/mol. The normalized spacial score (nSPS) is 24.4. The average molecular weight is 268 g/mol. The highest BCUT2D eigenvalue weighted by molar-refractivity contribution is 5.89. The minimum atomic E-state index is -5.00. The molecule has 0 bridgehead atoms. The van der Waals surface area contributed by atoms with Crippen LogP contribution in [-0.4, -0.2) is 40.9 Å². The number of alkyl halides is 3. The molecule has 0 radical (unpaired) electrons. The Morgan fingerprint density at radius 1 is 1.61 bits per heavy atom. The summed E-state index contributed by atoms with van der Waals surface area (Å²) in [6, 6.07) is 0. The molecule has 8 heteroatoms. The summed E-state index contributed by atoms with van der Waals surface area (Å²) in [5.74, 6) is 0.0684. The standard InChI is InChI=1S/C10H15F3N2O3/c1-6(2)4-7-5-9(17,10(11,12)13)15(14-7)8(16)18-3/h6,17H,4-5H2,1-3H3. The van der Waals surface area contributed by atoms with Crippen molar-refractivity contribution < 1.29 is 27.8 Å². The molecule has 0 aromatic heterocycles. The largest absolute Gasteiger partial charge is 0.451 e. The Morgan fingerprint density at radius 3 is 2.56 bits per heavy atom.